The van der Waals surface area contributed by atoms with Crippen LogP contribution >= 0.6 is 11.6 Å². The molecule has 9 heteroatoms. The second kappa shape index (κ2) is 11.0. The van der Waals surface area contributed by atoms with Crippen molar-refractivity contribution in [2.75, 3.05) is 31.2 Å². The highest BCUT2D eigenvalue weighted by Gasteiger charge is 2.28. The number of Topliss-reactive ketones (excluding diaryl/α,β-unsaturated/α-hetero) is 1. The molecule has 1 aliphatic rings. The molecule has 0 fully saturated rings. The molecule has 8 nitrogen and oxygen atoms in total. The lowest BCUT2D eigenvalue weighted by atomic mass is 10.1. The van der Waals surface area contributed by atoms with Crippen molar-refractivity contribution in [1.29, 1.82) is 0 Å². The maximum atomic E-state index is 12.8. The molecule has 0 unspecified atom stereocenters. The number of hydrogen-bond acceptors (Lipinski definition) is 6. The SMILES string of the molecule is Cc1ccc(OCC(=O)c2ccc3c(c2)N(CC(=O)NCCc2ccccn2)C(=O)CO3)c(Cl)c1. The first-order valence-electron chi connectivity index (χ1n) is 11.1. The molecule has 4 rings (SSSR count). The average molecular weight is 494 g/mol. The summed E-state index contributed by atoms with van der Waals surface area (Å²) in [5.74, 6) is -0.167. The summed E-state index contributed by atoms with van der Waals surface area (Å²) in [6.07, 6.45) is 2.27. The van der Waals surface area contributed by atoms with Crippen LogP contribution in [0.25, 0.3) is 0 Å². The third kappa shape index (κ3) is 6.16. The van der Waals surface area contributed by atoms with Crippen LogP contribution < -0.4 is 19.7 Å². The van der Waals surface area contributed by atoms with Crippen molar-refractivity contribution in [3.8, 4) is 11.5 Å². The number of ether oxygens (including phenoxy) is 2. The molecule has 0 saturated heterocycles. The van der Waals surface area contributed by atoms with E-state index in [1.165, 1.54) is 11.0 Å². The lowest BCUT2D eigenvalue weighted by molar-refractivity contribution is -0.125. The number of carbonyl (C=O) groups is 3. The molecular weight excluding hydrogens is 470 g/mol. The molecule has 0 spiro atoms. The van der Waals surface area contributed by atoms with Crippen LogP contribution in [0.3, 0.4) is 0 Å². The fourth-order valence-corrected chi connectivity index (χ4v) is 3.86. The molecule has 180 valence electrons. The first kappa shape index (κ1) is 24.2. The highest BCUT2D eigenvalue weighted by atomic mass is 35.5. The summed E-state index contributed by atoms with van der Waals surface area (Å²) in [6.45, 7) is 1.69. The van der Waals surface area contributed by atoms with E-state index in [1.807, 2.05) is 31.2 Å². The average Bonchev–Trinajstić information content (AvgIpc) is 2.85. The van der Waals surface area contributed by atoms with Gasteiger partial charge in [-0.3, -0.25) is 24.3 Å². The van der Waals surface area contributed by atoms with Gasteiger partial charge in [-0.2, -0.15) is 0 Å². The van der Waals surface area contributed by atoms with Crippen molar-refractivity contribution in [3.05, 3.63) is 82.6 Å². The summed E-state index contributed by atoms with van der Waals surface area (Å²) >= 11 is 6.17. The van der Waals surface area contributed by atoms with Gasteiger partial charge in [-0.15, -0.1) is 0 Å². The monoisotopic (exact) mass is 493 g/mol. The molecule has 0 radical (unpaired) electrons. The Morgan fingerprint density at radius 1 is 1.17 bits per heavy atom. The smallest absolute Gasteiger partial charge is 0.265 e. The minimum Gasteiger partial charge on any atom is -0.484 e. The van der Waals surface area contributed by atoms with Gasteiger partial charge in [-0.05, 0) is 55.0 Å². The third-order valence-electron chi connectivity index (χ3n) is 5.40. The molecule has 3 aromatic rings. The molecular formula is C26H24ClN3O5. The Kier molecular flexibility index (Phi) is 7.62. The van der Waals surface area contributed by atoms with Crippen LogP contribution in [0.15, 0.2) is 60.8 Å². The van der Waals surface area contributed by atoms with Gasteiger partial charge in [0.1, 0.15) is 18.0 Å². The molecule has 1 aromatic heterocycles. The number of nitrogens with one attached hydrogen (secondary N) is 1. The lowest BCUT2D eigenvalue weighted by Gasteiger charge is -2.29. The number of fused-ring (bicyclic) bond motifs is 1. The minimum atomic E-state index is -0.371. The van der Waals surface area contributed by atoms with Crippen LogP contribution in [-0.2, 0) is 16.0 Å². The number of aromatic nitrogens is 1. The van der Waals surface area contributed by atoms with Gasteiger partial charge in [0.25, 0.3) is 5.91 Å². The summed E-state index contributed by atoms with van der Waals surface area (Å²) in [5.41, 5.74) is 2.53. The fourth-order valence-electron chi connectivity index (χ4n) is 3.57. The van der Waals surface area contributed by atoms with Crippen molar-refractivity contribution >= 4 is 34.9 Å². The van der Waals surface area contributed by atoms with Gasteiger partial charge in [0.15, 0.2) is 19.0 Å². The second-order valence-electron chi connectivity index (χ2n) is 8.02. The first-order valence-corrected chi connectivity index (χ1v) is 11.4. The first-order chi connectivity index (χ1) is 16.9. The lowest BCUT2D eigenvalue weighted by Crippen LogP contribution is -2.45. The maximum absolute atomic E-state index is 12.8. The highest BCUT2D eigenvalue weighted by Crippen LogP contribution is 2.33. The van der Waals surface area contributed by atoms with Crippen LogP contribution in [0.1, 0.15) is 21.6 Å². The van der Waals surface area contributed by atoms with E-state index in [2.05, 4.69) is 10.3 Å². The van der Waals surface area contributed by atoms with E-state index in [0.717, 1.165) is 11.3 Å². The fraction of sp³-hybridized carbons (Fsp3) is 0.231. The van der Waals surface area contributed by atoms with Crippen molar-refractivity contribution < 1.29 is 23.9 Å². The molecule has 1 aliphatic heterocycles. The topological polar surface area (TPSA) is 97.8 Å². The van der Waals surface area contributed by atoms with Crippen LogP contribution in [0.5, 0.6) is 11.5 Å². The van der Waals surface area contributed by atoms with Gasteiger partial charge in [-0.25, -0.2) is 0 Å². The van der Waals surface area contributed by atoms with Gasteiger partial charge in [0.05, 0.1) is 10.7 Å². The number of halogens is 1. The van der Waals surface area contributed by atoms with Gasteiger partial charge >= 0.3 is 0 Å². The Hall–Kier alpha value is -3.91. The molecule has 35 heavy (non-hydrogen) atoms. The Morgan fingerprint density at radius 2 is 2.03 bits per heavy atom. The molecule has 2 heterocycles. The third-order valence-corrected chi connectivity index (χ3v) is 5.70. The van der Waals surface area contributed by atoms with E-state index in [-0.39, 0.29) is 37.4 Å². The van der Waals surface area contributed by atoms with Gasteiger partial charge < -0.3 is 14.8 Å². The number of nitrogens with zero attached hydrogens (tertiary/aromatic N) is 2. The number of ketones is 1. The van der Waals surface area contributed by atoms with E-state index < -0.39 is 0 Å². The van der Waals surface area contributed by atoms with E-state index in [9.17, 15) is 14.4 Å². The zero-order valence-corrected chi connectivity index (χ0v) is 19.9. The molecule has 2 aromatic carbocycles. The standard InChI is InChI=1S/C26H24ClN3O5/c1-17-5-7-23(20(27)12-17)34-15-22(31)18-6-8-24-21(13-18)30(26(33)16-35-24)14-25(32)29-11-9-19-4-2-3-10-28-19/h2-8,10,12-13H,9,11,14-16H2,1H3,(H,29,32). The molecule has 0 bridgehead atoms. The maximum Gasteiger partial charge on any atom is 0.265 e. The normalized spacial score (nSPS) is 12.5. The summed E-state index contributed by atoms with van der Waals surface area (Å²) in [4.78, 5) is 43.4. The largest absolute Gasteiger partial charge is 0.484 e. The van der Waals surface area contributed by atoms with Crippen molar-refractivity contribution in [3.63, 3.8) is 0 Å². The van der Waals surface area contributed by atoms with E-state index >= 15 is 0 Å². The summed E-state index contributed by atoms with van der Waals surface area (Å²) in [7, 11) is 0. The van der Waals surface area contributed by atoms with Crippen molar-refractivity contribution in [2.45, 2.75) is 13.3 Å². The number of anilines is 1. The number of aryl methyl sites for hydroxylation is 1. The zero-order valence-electron chi connectivity index (χ0n) is 19.1. The van der Waals surface area contributed by atoms with Gasteiger partial charge in [0, 0.05) is 30.4 Å². The molecule has 0 saturated carbocycles. The van der Waals surface area contributed by atoms with Crippen LogP contribution in [0.2, 0.25) is 5.02 Å². The zero-order chi connectivity index (χ0) is 24.8. The van der Waals surface area contributed by atoms with E-state index in [1.54, 1.807) is 30.5 Å². The Morgan fingerprint density at radius 3 is 2.80 bits per heavy atom. The number of hydrogen-bond donors (Lipinski definition) is 1. The van der Waals surface area contributed by atoms with Crippen LogP contribution in [0, 0.1) is 6.92 Å². The minimum absolute atomic E-state index is 0.184. The number of pyridine rings is 1. The summed E-state index contributed by atoms with van der Waals surface area (Å²) in [6, 6.07) is 15.6. The Bertz CT molecular complexity index is 1250. The van der Waals surface area contributed by atoms with Gasteiger partial charge in [-0.1, -0.05) is 23.7 Å². The van der Waals surface area contributed by atoms with Gasteiger partial charge in [0.2, 0.25) is 5.91 Å². The molecule has 0 atom stereocenters. The number of benzene rings is 2. The summed E-state index contributed by atoms with van der Waals surface area (Å²) in [5, 5.41) is 3.22. The molecule has 1 N–H and O–H groups in total. The highest BCUT2D eigenvalue weighted by molar-refractivity contribution is 6.32. The quantitative estimate of drug-likeness (QED) is 0.459. The van der Waals surface area contributed by atoms with Crippen LogP contribution in [0.4, 0.5) is 5.69 Å². The van der Waals surface area contributed by atoms with Crippen LogP contribution in [-0.4, -0.2) is 48.9 Å². The molecule has 2 amide bonds. The van der Waals surface area contributed by atoms with E-state index in [4.69, 9.17) is 21.1 Å². The van der Waals surface area contributed by atoms with Crippen molar-refractivity contribution in [1.82, 2.24) is 10.3 Å². The summed E-state index contributed by atoms with van der Waals surface area (Å²) < 4.78 is 11.1. The number of rotatable bonds is 9. The van der Waals surface area contributed by atoms with Crippen molar-refractivity contribution in [2.24, 2.45) is 0 Å². The Labute approximate surface area is 207 Å². The van der Waals surface area contributed by atoms with E-state index in [0.29, 0.717) is 40.7 Å². The Balaban J connectivity index is 1.40. The predicted molar refractivity (Wildman–Crippen MR) is 131 cm³/mol. The predicted octanol–water partition coefficient (Wildman–Crippen LogP) is 3.39. The number of carbonyl (C=O) groups excluding carboxylic acids is 3. The second-order valence-corrected chi connectivity index (χ2v) is 8.43. The molecule has 0 aliphatic carbocycles. The number of amides is 2.